The second kappa shape index (κ2) is 9.80. The first kappa shape index (κ1) is 21.8. The molecule has 2 heterocycles. The standard InChI is InChI=1S/C23H30N4O3S/c28-23(21-7-9-22(10-8-21)27-12-4-18-31(27,29)30)24-11-13-25-14-16-26(17-15-25)19-20-5-2-1-3-6-20/h1-3,5-10H,4,11-19H2,(H,24,28). The summed E-state index contributed by atoms with van der Waals surface area (Å²) in [6, 6.07) is 17.3. The van der Waals surface area contributed by atoms with Crippen molar-refractivity contribution < 1.29 is 13.2 Å². The Hall–Kier alpha value is -2.42. The van der Waals surface area contributed by atoms with Crippen LogP contribution in [0.5, 0.6) is 0 Å². The second-order valence-electron chi connectivity index (χ2n) is 8.15. The van der Waals surface area contributed by atoms with E-state index >= 15 is 0 Å². The summed E-state index contributed by atoms with van der Waals surface area (Å²) in [7, 11) is -3.20. The molecule has 2 aliphatic rings. The van der Waals surface area contributed by atoms with Crippen LogP contribution in [0.4, 0.5) is 5.69 Å². The normalized spacial score (nSPS) is 19.4. The summed E-state index contributed by atoms with van der Waals surface area (Å²) in [5, 5.41) is 2.98. The molecule has 166 valence electrons. The number of amides is 1. The maximum absolute atomic E-state index is 12.4. The smallest absolute Gasteiger partial charge is 0.251 e. The molecule has 0 aromatic heterocycles. The van der Waals surface area contributed by atoms with Gasteiger partial charge in [-0.25, -0.2) is 8.42 Å². The first-order valence-corrected chi connectivity index (χ1v) is 12.5. The monoisotopic (exact) mass is 442 g/mol. The molecular formula is C23H30N4O3S. The van der Waals surface area contributed by atoms with Gasteiger partial charge in [-0.3, -0.25) is 18.9 Å². The van der Waals surface area contributed by atoms with Gasteiger partial charge in [0, 0.05) is 57.9 Å². The first-order valence-electron chi connectivity index (χ1n) is 10.9. The molecule has 0 saturated carbocycles. The zero-order valence-electron chi connectivity index (χ0n) is 17.7. The highest BCUT2D eigenvalue weighted by atomic mass is 32.2. The SMILES string of the molecule is O=C(NCCN1CCN(Cc2ccccc2)CC1)c1ccc(N2CCCS2(=O)=O)cc1. The largest absolute Gasteiger partial charge is 0.351 e. The lowest BCUT2D eigenvalue weighted by atomic mass is 10.2. The number of anilines is 1. The molecule has 0 bridgehead atoms. The van der Waals surface area contributed by atoms with E-state index < -0.39 is 10.0 Å². The van der Waals surface area contributed by atoms with E-state index in [1.54, 1.807) is 24.3 Å². The molecule has 2 aromatic rings. The maximum atomic E-state index is 12.4. The van der Waals surface area contributed by atoms with Crippen LogP contribution in [0.3, 0.4) is 0 Å². The molecule has 31 heavy (non-hydrogen) atoms. The number of nitrogens with zero attached hydrogens (tertiary/aromatic N) is 3. The van der Waals surface area contributed by atoms with Gasteiger partial charge in [0.25, 0.3) is 5.91 Å². The minimum absolute atomic E-state index is 0.126. The van der Waals surface area contributed by atoms with Gasteiger partial charge >= 0.3 is 0 Å². The third-order valence-corrected chi connectivity index (χ3v) is 7.81. The van der Waals surface area contributed by atoms with E-state index in [4.69, 9.17) is 0 Å². The van der Waals surface area contributed by atoms with Gasteiger partial charge in [0.2, 0.25) is 10.0 Å². The van der Waals surface area contributed by atoms with Crippen molar-refractivity contribution in [3.8, 4) is 0 Å². The Labute approximate surface area is 184 Å². The Bertz CT molecular complexity index is 972. The highest BCUT2D eigenvalue weighted by Crippen LogP contribution is 2.24. The molecule has 4 rings (SSSR count). The molecule has 2 aliphatic heterocycles. The van der Waals surface area contributed by atoms with E-state index in [9.17, 15) is 13.2 Å². The molecule has 0 radical (unpaired) electrons. The van der Waals surface area contributed by atoms with Crippen LogP contribution in [-0.2, 0) is 16.6 Å². The molecule has 0 aliphatic carbocycles. The lowest BCUT2D eigenvalue weighted by molar-refractivity contribution is 0.0934. The van der Waals surface area contributed by atoms with Gasteiger partial charge in [-0.05, 0) is 36.2 Å². The van der Waals surface area contributed by atoms with Gasteiger partial charge < -0.3 is 5.32 Å². The second-order valence-corrected chi connectivity index (χ2v) is 10.2. The first-order chi connectivity index (χ1) is 15.0. The number of hydrogen-bond donors (Lipinski definition) is 1. The van der Waals surface area contributed by atoms with Crippen molar-refractivity contribution in [2.45, 2.75) is 13.0 Å². The van der Waals surface area contributed by atoms with Crippen LogP contribution in [0.2, 0.25) is 0 Å². The molecule has 0 unspecified atom stereocenters. The number of piperazine rings is 1. The third kappa shape index (κ3) is 5.64. The summed E-state index contributed by atoms with van der Waals surface area (Å²) in [5.74, 6) is 0.0639. The highest BCUT2D eigenvalue weighted by Gasteiger charge is 2.28. The molecule has 1 N–H and O–H groups in total. The molecule has 8 heteroatoms. The number of benzene rings is 2. The van der Waals surface area contributed by atoms with Gasteiger partial charge in [0.1, 0.15) is 0 Å². The molecule has 7 nitrogen and oxygen atoms in total. The summed E-state index contributed by atoms with van der Waals surface area (Å²) >= 11 is 0. The number of hydrogen-bond acceptors (Lipinski definition) is 5. The van der Waals surface area contributed by atoms with Crippen molar-refractivity contribution in [3.63, 3.8) is 0 Å². The maximum Gasteiger partial charge on any atom is 0.251 e. The fourth-order valence-corrected chi connectivity index (χ4v) is 5.72. The van der Waals surface area contributed by atoms with Crippen molar-refractivity contribution in [1.82, 2.24) is 15.1 Å². The highest BCUT2D eigenvalue weighted by molar-refractivity contribution is 7.93. The Morgan fingerprint density at radius 3 is 2.19 bits per heavy atom. The van der Waals surface area contributed by atoms with Gasteiger partial charge in [-0.2, -0.15) is 0 Å². The van der Waals surface area contributed by atoms with Gasteiger partial charge in [-0.15, -0.1) is 0 Å². The Balaban J connectivity index is 1.18. The number of carbonyl (C=O) groups excluding carboxylic acids is 1. The molecule has 0 atom stereocenters. The number of nitrogens with one attached hydrogen (secondary N) is 1. The predicted octanol–water partition coefficient (Wildman–Crippen LogP) is 1.77. The summed E-state index contributed by atoms with van der Waals surface area (Å²) in [4.78, 5) is 17.3. The lowest BCUT2D eigenvalue weighted by Gasteiger charge is -2.34. The fourth-order valence-electron chi connectivity index (χ4n) is 4.15. The van der Waals surface area contributed by atoms with Gasteiger partial charge in [0.05, 0.1) is 11.4 Å². The average molecular weight is 443 g/mol. The van der Waals surface area contributed by atoms with E-state index in [0.717, 1.165) is 39.3 Å². The quantitative estimate of drug-likeness (QED) is 0.708. The van der Waals surface area contributed by atoms with Crippen molar-refractivity contribution >= 4 is 21.6 Å². The molecule has 2 saturated heterocycles. The van der Waals surface area contributed by atoms with Crippen LogP contribution in [0.1, 0.15) is 22.3 Å². The van der Waals surface area contributed by atoms with Crippen molar-refractivity contribution in [1.29, 1.82) is 0 Å². The number of sulfonamides is 1. The van der Waals surface area contributed by atoms with Crippen LogP contribution < -0.4 is 9.62 Å². The van der Waals surface area contributed by atoms with E-state index in [1.165, 1.54) is 9.87 Å². The predicted molar refractivity (Wildman–Crippen MR) is 123 cm³/mol. The lowest BCUT2D eigenvalue weighted by Crippen LogP contribution is -2.48. The minimum Gasteiger partial charge on any atom is -0.351 e. The van der Waals surface area contributed by atoms with Crippen LogP contribution in [0.15, 0.2) is 54.6 Å². The third-order valence-electron chi connectivity index (χ3n) is 5.94. The molecule has 1 amide bonds. The van der Waals surface area contributed by atoms with E-state index in [-0.39, 0.29) is 11.7 Å². The number of carbonyl (C=O) groups is 1. The van der Waals surface area contributed by atoms with Crippen LogP contribution in [0, 0.1) is 0 Å². The molecule has 0 spiro atoms. The van der Waals surface area contributed by atoms with E-state index in [0.29, 0.717) is 30.8 Å². The Morgan fingerprint density at radius 1 is 0.871 bits per heavy atom. The summed E-state index contributed by atoms with van der Waals surface area (Å²) in [5.41, 5.74) is 2.52. The molecule has 2 fully saturated rings. The van der Waals surface area contributed by atoms with Gasteiger partial charge in [0.15, 0.2) is 0 Å². The van der Waals surface area contributed by atoms with E-state index in [2.05, 4.69) is 39.4 Å². The molecule has 2 aromatic carbocycles. The van der Waals surface area contributed by atoms with Crippen molar-refractivity contribution in [2.75, 3.05) is 55.9 Å². The zero-order valence-corrected chi connectivity index (χ0v) is 18.6. The van der Waals surface area contributed by atoms with Crippen LogP contribution in [0.25, 0.3) is 0 Å². The summed E-state index contributed by atoms with van der Waals surface area (Å²) in [6.07, 6.45) is 0.644. The fraction of sp³-hybridized carbons (Fsp3) is 0.435. The van der Waals surface area contributed by atoms with E-state index in [1.807, 2.05) is 6.07 Å². The topological polar surface area (TPSA) is 73.0 Å². The summed E-state index contributed by atoms with van der Waals surface area (Å²) in [6.45, 7) is 6.98. The van der Waals surface area contributed by atoms with Crippen LogP contribution >= 0.6 is 0 Å². The number of rotatable bonds is 7. The Morgan fingerprint density at radius 2 is 1.55 bits per heavy atom. The Kier molecular flexibility index (Phi) is 6.89. The van der Waals surface area contributed by atoms with Crippen LogP contribution in [-0.4, -0.2) is 75.7 Å². The zero-order chi connectivity index (χ0) is 21.7. The van der Waals surface area contributed by atoms with Crippen molar-refractivity contribution in [3.05, 3.63) is 65.7 Å². The van der Waals surface area contributed by atoms with Gasteiger partial charge in [-0.1, -0.05) is 30.3 Å². The molecular weight excluding hydrogens is 412 g/mol. The van der Waals surface area contributed by atoms with Crippen molar-refractivity contribution in [2.24, 2.45) is 0 Å². The minimum atomic E-state index is -3.20. The summed E-state index contributed by atoms with van der Waals surface area (Å²) < 4.78 is 25.5. The average Bonchev–Trinajstić information content (AvgIpc) is 3.14.